The van der Waals surface area contributed by atoms with Gasteiger partial charge in [0.25, 0.3) is 0 Å². The number of anilines is 1. The summed E-state index contributed by atoms with van der Waals surface area (Å²) in [5.41, 5.74) is 2.48. The predicted octanol–water partition coefficient (Wildman–Crippen LogP) is 2.61. The Labute approximate surface area is 120 Å². The number of rotatable bonds is 4. The van der Waals surface area contributed by atoms with Crippen LogP contribution in [0.2, 0.25) is 0 Å². The molecular formula is C16H13NOSe. The molecule has 0 saturated heterocycles. The van der Waals surface area contributed by atoms with Crippen molar-refractivity contribution in [1.82, 2.24) is 0 Å². The molecule has 2 aromatic carbocycles. The molecule has 0 spiro atoms. The minimum absolute atomic E-state index is 0.0877. The van der Waals surface area contributed by atoms with E-state index < -0.39 is 0 Å². The molecule has 0 bridgehead atoms. The van der Waals surface area contributed by atoms with E-state index in [9.17, 15) is 4.79 Å². The van der Waals surface area contributed by atoms with Gasteiger partial charge in [0.15, 0.2) is 0 Å². The number of para-hydroxylation sites is 1. The number of hydrogen-bond acceptors (Lipinski definition) is 1. The summed E-state index contributed by atoms with van der Waals surface area (Å²) >= 11 is 2.70. The van der Waals surface area contributed by atoms with E-state index in [0.717, 1.165) is 11.3 Å². The molecule has 0 aliphatic carbocycles. The van der Waals surface area contributed by atoms with Gasteiger partial charge in [0.1, 0.15) is 0 Å². The third-order valence-electron chi connectivity index (χ3n) is 2.70. The number of carbonyl (C=O) groups is 1. The molecule has 0 atom stereocenters. The summed E-state index contributed by atoms with van der Waals surface area (Å²) < 4.78 is 2.85. The molecule has 94 valence electrons. The molecule has 2 aromatic rings. The first kappa shape index (κ1) is 13.5. The Bertz CT molecular complexity index is 616. The minimum atomic E-state index is -0.0877. The molecule has 3 heteroatoms. The van der Waals surface area contributed by atoms with Crippen molar-refractivity contribution in [2.24, 2.45) is 0 Å². The predicted molar refractivity (Wildman–Crippen MR) is 79.9 cm³/mol. The van der Waals surface area contributed by atoms with Gasteiger partial charge in [-0.1, -0.05) is 0 Å². The van der Waals surface area contributed by atoms with Gasteiger partial charge in [0, 0.05) is 0 Å². The molecule has 2 rings (SSSR count). The van der Waals surface area contributed by atoms with Crippen LogP contribution in [0.4, 0.5) is 5.69 Å². The summed E-state index contributed by atoms with van der Waals surface area (Å²) in [5.74, 6) is -0.0877. The fourth-order valence-corrected chi connectivity index (χ4v) is 1.97. The Morgan fingerprint density at radius 1 is 1.11 bits per heavy atom. The number of carbonyl (C=O) groups excluding carboxylic acids is 1. The van der Waals surface area contributed by atoms with Crippen LogP contribution in [0.25, 0.3) is 0 Å². The Kier molecular flexibility index (Phi) is 4.88. The van der Waals surface area contributed by atoms with Crippen molar-refractivity contribution in [2.75, 3.05) is 5.32 Å². The van der Waals surface area contributed by atoms with Gasteiger partial charge in [-0.15, -0.1) is 0 Å². The first-order valence-electron chi connectivity index (χ1n) is 5.95. The van der Waals surface area contributed by atoms with E-state index in [1.165, 1.54) is 0 Å². The van der Waals surface area contributed by atoms with Crippen LogP contribution in [0.1, 0.15) is 15.9 Å². The Morgan fingerprint density at radius 3 is 2.53 bits per heavy atom. The molecule has 0 aromatic heterocycles. The normalized spacial score (nSPS) is 9.47. The van der Waals surface area contributed by atoms with E-state index in [-0.39, 0.29) is 5.91 Å². The Balaban J connectivity index is 2.21. The summed E-state index contributed by atoms with van der Waals surface area (Å²) in [6, 6.07) is 17.0. The molecular weight excluding hydrogens is 301 g/mol. The van der Waals surface area contributed by atoms with Crippen molar-refractivity contribution < 1.29 is 4.79 Å². The maximum atomic E-state index is 12.2. The molecule has 0 heterocycles. The van der Waals surface area contributed by atoms with Crippen LogP contribution in [0.5, 0.6) is 0 Å². The Hall–Kier alpha value is -1.92. The average molecular weight is 314 g/mol. The third-order valence-corrected chi connectivity index (χ3v) is 3.05. The average Bonchev–Trinajstić information content (AvgIpc) is 2.46. The second kappa shape index (κ2) is 6.86. The van der Waals surface area contributed by atoms with Crippen molar-refractivity contribution in [1.29, 1.82) is 0 Å². The first-order valence-corrected chi connectivity index (χ1v) is 6.80. The molecule has 0 aliphatic heterocycles. The van der Waals surface area contributed by atoms with E-state index in [1.807, 2.05) is 60.7 Å². The van der Waals surface area contributed by atoms with E-state index >= 15 is 0 Å². The van der Waals surface area contributed by atoms with Gasteiger partial charge in [-0.2, -0.15) is 0 Å². The van der Waals surface area contributed by atoms with Crippen LogP contribution in [-0.2, 0) is 6.42 Å². The van der Waals surface area contributed by atoms with Gasteiger partial charge in [-0.05, 0) is 0 Å². The number of allylic oxidation sites excluding steroid dienone is 1. The van der Waals surface area contributed by atoms with Crippen molar-refractivity contribution >= 4 is 31.7 Å². The molecule has 0 unspecified atom stereocenters. The fraction of sp³-hybridized carbons (Fsp3) is 0.0625. The summed E-state index contributed by atoms with van der Waals surface area (Å²) in [4.78, 5) is 12.2. The van der Waals surface area contributed by atoms with Crippen molar-refractivity contribution in [2.45, 2.75) is 6.42 Å². The second-order valence-electron chi connectivity index (χ2n) is 4.00. The van der Waals surface area contributed by atoms with Gasteiger partial charge >= 0.3 is 120 Å². The van der Waals surface area contributed by atoms with E-state index in [1.54, 1.807) is 0 Å². The van der Waals surface area contributed by atoms with Gasteiger partial charge in [-0.25, -0.2) is 0 Å². The number of hydrogen-bond donors (Lipinski definition) is 1. The second-order valence-corrected chi connectivity index (χ2v) is 4.50. The van der Waals surface area contributed by atoms with Gasteiger partial charge in [-0.3, -0.25) is 0 Å². The van der Waals surface area contributed by atoms with Crippen LogP contribution in [0.15, 0.2) is 60.7 Å². The molecule has 0 radical (unpaired) electrons. The summed E-state index contributed by atoms with van der Waals surface area (Å²) in [5, 5.41) is 2.89. The van der Waals surface area contributed by atoms with Gasteiger partial charge in [0.05, 0.1) is 0 Å². The fourth-order valence-electron chi connectivity index (χ4n) is 1.79. The van der Waals surface area contributed by atoms with E-state index in [0.29, 0.717) is 12.0 Å². The van der Waals surface area contributed by atoms with Crippen molar-refractivity contribution in [3.63, 3.8) is 0 Å². The summed E-state index contributed by atoms with van der Waals surface area (Å²) in [6.45, 7) is 0. The van der Waals surface area contributed by atoms with Crippen molar-refractivity contribution in [3.05, 3.63) is 71.8 Å². The van der Waals surface area contributed by atoms with Crippen LogP contribution < -0.4 is 5.32 Å². The topological polar surface area (TPSA) is 29.1 Å². The van der Waals surface area contributed by atoms with Gasteiger partial charge < -0.3 is 0 Å². The molecule has 0 fully saturated rings. The maximum absolute atomic E-state index is 12.2. The van der Waals surface area contributed by atoms with Crippen LogP contribution in [-0.4, -0.2) is 26.1 Å². The quantitative estimate of drug-likeness (QED) is 0.864. The molecule has 1 N–H and O–H groups in total. The third kappa shape index (κ3) is 3.77. The SMILES string of the molecule is O=C(Nc1ccccc1)c1ccccc1CC=C=[Se]. The monoisotopic (exact) mass is 315 g/mol. The molecule has 2 nitrogen and oxygen atoms in total. The Morgan fingerprint density at radius 2 is 1.79 bits per heavy atom. The van der Waals surface area contributed by atoms with Gasteiger partial charge in [0.2, 0.25) is 0 Å². The number of nitrogens with one attached hydrogen (secondary N) is 1. The number of benzene rings is 2. The van der Waals surface area contributed by atoms with Crippen LogP contribution in [0.3, 0.4) is 0 Å². The molecule has 0 aliphatic rings. The number of amides is 1. The zero-order valence-electron chi connectivity index (χ0n) is 10.3. The van der Waals surface area contributed by atoms with E-state index in [2.05, 4.69) is 25.5 Å². The summed E-state index contributed by atoms with van der Waals surface area (Å²) in [7, 11) is 0. The van der Waals surface area contributed by atoms with Crippen LogP contribution in [0, 0.1) is 0 Å². The molecule has 0 saturated carbocycles. The standard InChI is InChI=1S/C16H13NOSe/c18-16(17-14-9-2-1-3-10-14)15-11-5-4-7-13(15)8-6-12-19/h1-7,9-11H,8H2,(H,17,18). The van der Waals surface area contributed by atoms with Crippen LogP contribution >= 0.6 is 0 Å². The first-order chi connectivity index (χ1) is 9.31. The zero-order chi connectivity index (χ0) is 13.5. The van der Waals surface area contributed by atoms with Crippen molar-refractivity contribution in [3.8, 4) is 0 Å². The molecule has 19 heavy (non-hydrogen) atoms. The summed E-state index contributed by atoms with van der Waals surface area (Å²) in [6.07, 6.45) is 2.56. The zero-order valence-corrected chi connectivity index (χ0v) is 12.0. The molecule has 1 amide bonds. The van der Waals surface area contributed by atoms with E-state index in [4.69, 9.17) is 0 Å².